The van der Waals surface area contributed by atoms with Crippen LogP contribution in [-0.4, -0.2) is 9.55 Å². The molecule has 1 aliphatic heterocycles. The number of furan rings is 1. The van der Waals surface area contributed by atoms with Crippen LogP contribution in [0.25, 0.3) is 71.5 Å². The van der Waals surface area contributed by atoms with Gasteiger partial charge in [0.2, 0.25) is 0 Å². The number of anilines is 4. The van der Waals surface area contributed by atoms with Gasteiger partial charge in [-0.25, -0.2) is 4.98 Å². The molecule has 0 bridgehead atoms. The zero-order valence-electron chi connectivity index (χ0n) is 31.3. The Balaban J connectivity index is 0.00000397. The van der Waals surface area contributed by atoms with E-state index < -0.39 is 0 Å². The van der Waals surface area contributed by atoms with Crippen molar-refractivity contribution in [3.05, 3.63) is 201 Å². The maximum Gasteiger partial charge on any atom is 0.140 e. The van der Waals surface area contributed by atoms with Gasteiger partial charge in [0.25, 0.3) is 0 Å². The molecule has 3 aromatic heterocycles. The predicted molar refractivity (Wildman–Crippen MR) is 234 cm³/mol. The second kappa shape index (κ2) is 14.1. The molecule has 0 aliphatic carbocycles. The summed E-state index contributed by atoms with van der Waals surface area (Å²) in [5, 5.41) is 6.47. The van der Waals surface area contributed by atoms with Gasteiger partial charge >= 0.3 is 0 Å². The molecule has 4 heterocycles. The predicted octanol–water partition coefficient (Wildman–Crippen LogP) is 13.7. The van der Waals surface area contributed by atoms with Gasteiger partial charge in [-0.3, -0.25) is 0 Å². The summed E-state index contributed by atoms with van der Waals surface area (Å²) in [6, 6.07) is 67.7. The Morgan fingerprint density at radius 2 is 1.24 bits per heavy atom. The minimum Gasteiger partial charge on any atom is -0.509 e. The zero-order chi connectivity index (χ0) is 38.2. The van der Waals surface area contributed by atoms with E-state index in [4.69, 9.17) is 14.1 Å². The van der Waals surface area contributed by atoms with Crippen molar-refractivity contribution in [2.45, 2.75) is 0 Å². The van der Waals surface area contributed by atoms with Gasteiger partial charge in [-0.05, 0) is 69.8 Å². The van der Waals surface area contributed by atoms with Crippen LogP contribution in [0.15, 0.2) is 187 Å². The molecule has 6 nitrogen and oxygen atoms in total. The van der Waals surface area contributed by atoms with E-state index in [0.717, 1.165) is 88.8 Å². The molecule has 12 rings (SSSR count). The fourth-order valence-electron chi connectivity index (χ4n) is 8.35. The van der Waals surface area contributed by atoms with Crippen molar-refractivity contribution in [3.8, 4) is 28.4 Å². The monoisotopic (exact) mass is 938 g/mol. The van der Waals surface area contributed by atoms with E-state index in [9.17, 15) is 0 Å². The van der Waals surface area contributed by atoms with Crippen LogP contribution in [0.5, 0.6) is 11.5 Å². The molecule has 0 saturated carbocycles. The van der Waals surface area contributed by atoms with Crippen LogP contribution < -0.4 is 14.5 Å². The normalized spacial score (nSPS) is 12.5. The SMILES string of the molecule is [Pt].[c-]1c(Oc2[c-]c3c(cc2)c2cc(-c4ccccc4)ccc2n3-c2cc3oc4cc5ccccc5cc4c3cn2)cccc1N1[CH-]N(c2ccccc2)c2ccccc21. The topological polar surface area (TPSA) is 46.7 Å². The molecular weight excluding hydrogens is 908 g/mol. The van der Waals surface area contributed by atoms with E-state index in [0.29, 0.717) is 11.5 Å². The Kier molecular flexibility index (Phi) is 8.35. The Labute approximate surface area is 354 Å². The maximum atomic E-state index is 6.60. The standard InChI is InChI=1S/C52H31N4O2.Pt/c1-3-12-34(13-4-1)37-22-25-46-43(26-37)42-24-23-41(30-49(42)56(46)52-31-51-45(32-53-52)44-27-35-14-7-8-15-36(35)28-50(44)58-51)57-40-19-11-18-39(29-40)55-33-54(38-16-5-2-6-17-38)47-20-9-10-21-48(47)55;/h1-28,31-33H;/q-3;. The minimum absolute atomic E-state index is 0. The van der Waals surface area contributed by atoms with Crippen LogP contribution in [-0.2, 0) is 21.1 Å². The summed E-state index contributed by atoms with van der Waals surface area (Å²) < 4.78 is 15.3. The molecule has 0 saturated heterocycles. The van der Waals surface area contributed by atoms with E-state index in [1.807, 2.05) is 48.7 Å². The van der Waals surface area contributed by atoms with Gasteiger partial charge in [-0.15, -0.1) is 48.1 Å². The van der Waals surface area contributed by atoms with Crippen molar-refractivity contribution in [2.24, 2.45) is 0 Å². The van der Waals surface area contributed by atoms with Crippen molar-refractivity contribution in [2.75, 3.05) is 9.80 Å². The van der Waals surface area contributed by atoms with E-state index in [2.05, 4.69) is 167 Å². The first-order chi connectivity index (χ1) is 28.7. The van der Waals surface area contributed by atoms with Gasteiger partial charge in [0.05, 0.1) is 0 Å². The number of para-hydroxylation sites is 3. The van der Waals surface area contributed by atoms with E-state index in [-0.39, 0.29) is 21.1 Å². The average Bonchev–Trinajstić information content (AvgIpc) is 3.95. The van der Waals surface area contributed by atoms with Crippen LogP contribution in [0.4, 0.5) is 22.7 Å². The maximum absolute atomic E-state index is 6.60. The number of benzene rings is 8. The molecule has 0 amide bonds. The van der Waals surface area contributed by atoms with Crippen LogP contribution in [0.1, 0.15) is 0 Å². The summed E-state index contributed by atoms with van der Waals surface area (Å²) in [4.78, 5) is 9.41. The quantitative estimate of drug-likeness (QED) is 0.155. The smallest absolute Gasteiger partial charge is 0.140 e. The molecule has 0 radical (unpaired) electrons. The molecule has 0 unspecified atom stereocenters. The largest absolute Gasteiger partial charge is 0.509 e. The van der Waals surface area contributed by atoms with E-state index >= 15 is 0 Å². The van der Waals surface area contributed by atoms with Gasteiger partial charge in [0.15, 0.2) is 0 Å². The Morgan fingerprint density at radius 3 is 2.07 bits per heavy atom. The summed E-state index contributed by atoms with van der Waals surface area (Å²) in [6.45, 7) is 2.10. The summed E-state index contributed by atoms with van der Waals surface area (Å²) >= 11 is 0. The summed E-state index contributed by atoms with van der Waals surface area (Å²) in [5.41, 5.74) is 9.88. The van der Waals surface area contributed by atoms with Crippen molar-refractivity contribution in [3.63, 3.8) is 0 Å². The first kappa shape index (κ1) is 35.1. The third kappa shape index (κ3) is 5.87. The molecule has 284 valence electrons. The first-order valence-corrected chi connectivity index (χ1v) is 19.3. The van der Waals surface area contributed by atoms with Crippen LogP contribution in [0.2, 0.25) is 0 Å². The van der Waals surface area contributed by atoms with Gasteiger partial charge in [0, 0.05) is 78.2 Å². The molecule has 11 aromatic rings. The fraction of sp³-hybridized carbons (Fsp3) is 0. The molecule has 7 heteroatoms. The number of ether oxygens (including phenoxy) is 1. The average molecular weight is 939 g/mol. The van der Waals surface area contributed by atoms with Crippen molar-refractivity contribution < 1.29 is 30.2 Å². The second-order valence-corrected chi connectivity index (χ2v) is 14.5. The van der Waals surface area contributed by atoms with Crippen molar-refractivity contribution in [1.29, 1.82) is 0 Å². The van der Waals surface area contributed by atoms with Gasteiger partial charge in [0.1, 0.15) is 17.0 Å². The number of hydrogen-bond donors (Lipinski definition) is 0. The Hall–Kier alpha value is -7.14. The fourth-order valence-corrected chi connectivity index (χ4v) is 8.35. The Morgan fingerprint density at radius 1 is 0.525 bits per heavy atom. The van der Waals surface area contributed by atoms with Crippen LogP contribution in [0.3, 0.4) is 0 Å². The summed E-state index contributed by atoms with van der Waals surface area (Å²) in [7, 11) is 0. The van der Waals surface area contributed by atoms with Gasteiger partial charge in [-0.2, -0.15) is 12.1 Å². The summed E-state index contributed by atoms with van der Waals surface area (Å²) in [6.07, 6.45) is 1.93. The zero-order valence-corrected chi connectivity index (χ0v) is 33.6. The molecular formula is C52H31N4O2Pt-3. The van der Waals surface area contributed by atoms with Crippen LogP contribution >= 0.6 is 0 Å². The van der Waals surface area contributed by atoms with E-state index in [1.54, 1.807) is 0 Å². The Bertz CT molecular complexity index is 3380. The molecule has 0 fully saturated rings. The number of rotatable bonds is 6. The molecule has 8 aromatic carbocycles. The molecule has 0 atom stereocenters. The third-order valence-electron chi connectivity index (χ3n) is 11.1. The van der Waals surface area contributed by atoms with Crippen LogP contribution in [0, 0.1) is 18.8 Å². The molecule has 0 N–H and O–H groups in total. The van der Waals surface area contributed by atoms with Gasteiger partial charge in [-0.1, -0.05) is 103 Å². The summed E-state index contributed by atoms with van der Waals surface area (Å²) in [5.74, 6) is 1.89. The third-order valence-corrected chi connectivity index (χ3v) is 11.1. The molecule has 1 aliphatic rings. The number of aromatic nitrogens is 2. The van der Waals surface area contributed by atoms with Crippen molar-refractivity contribution in [1.82, 2.24) is 9.55 Å². The number of hydrogen-bond acceptors (Lipinski definition) is 5. The molecule has 59 heavy (non-hydrogen) atoms. The minimum atomic E-state index is 0. The number of fused-ring (bicyclic) bond motifs is 8. The number of nitrogens with zero attached hydrogens (tertiary/aromatic N) is 4. The van der Waals surface area contributed by atoms with Gasteiger partial charge < -0.3 is 23.5 Å². The second-order valence-electron chi connectivity index (χ2n) is 14.5. The number of pyridine rings is 1. The molecule has 0 spiro atoms. The van der Waals surface area contributed by atoms with E-state index in [1.165, 1.54) is 5.39 Å². The first-order valence-electron chi connectivity index (χ1n) is 19.3. The van der Waals surface area contributed by atoms with Crippen molar-refractivity contribution >= 4 is 77.3 Å².